The van der Waals surface area contributed by atoms with Gasteiger partial charge in [0.2, 0.25) is 5.89 Å². The van der Waals surface area contributed by atoms with Crippen LogP contribution in [0.15, 0.2) is 28.8 Å². The zero-order valence-corrected chi connectivity index (χ0v) is 10.4. The van der Waals surface area contributed by atoms with Gasteiger partial charge in [-0.15, -0.1) is 0 Å². The van der Waals surface area contributed by atoms with Crippen LogP contribution in [0.1, 0.15) is 29.8 Å². The highest BCUT2D eigenvalue weighted by Crippen LogP contribution is 2.13. The normalized spacial score (nSPS) is 10.8. The molecule has 2 N–H and O–H groups in total. The van der Waals surface area contributed by atoms with Crippen molar-refractivity contribution in [2.45, 2.75) is 26.5 Å². The third kappa shape index (κ3) is 3.15. The Morgan fingerprint density at radius 3 is 2.78 bits per heavy atom. The highest BCUT2D eigenvalue weighted by molar-refractivity contribution is 5.28. The fraction of sp³-hybridized carbons (Fsp3) is 0.385. The van der Waals surface area contributed by atoms with E-state index in [2.05, 4.69) is 10.1 Å². The monoisotopic (exact) mass is 247 g/mol. The van der Waals surface area contributed by atoms with Gasteiger partial charge in [-0.1, -0.05) is 29.4 Å². The second kappa shape index (κ2) is 6.28. The Morgan fingerprint density at radius 1 is 1.28 bits per heavy atom. The predicted molar refractivity (Wildman–Crippen MR) is 66.8 cm³/mol. The molecule has 0 bridgehead atoms. The second-order valence-electron chi connectivity index (χ2n) is 3.89. The van der Waals surface area contributed by atoms with Crippen LogP contribution in [0, 0.1) is 0 Å². The standard InChI is InChI=1S/C13H17N3O2/c1-2-17-9-12-15-13(18-16-12)7-10-5-3-4-6-11(10)8-14/h3-6H,2,7-9,14H2,1H3. The maximum Gasteiger partial charge on any atom is 0.231 e. The smallest absolute Gasteiger partial charge is 0.231 e. The number of nitrogens with zero attached hydrogens (tertiary/aromatic N) is 2. The van der Waals surface area contributed by atoms with E-state index in [0.29, 0.717) is 37.9 Å². The molecule has 0 fully saturated rings. The minimum atomic E-state index is 0.387. The number of rotatable bonds is 6. The van der Waals surface area contributed by atoms with Crippen molar-refractivity contribution in [1.29, 1.82) is 0 Å². The van der Waals surface area contributed by atoms with Gasteiger partial charge < -0.3 is 15.0 Å². The molecule has 0 radical (unpaired) electrons. The first-order valence-corrected chi connectivity index (χ1v) is 5.99. The van der Waals surface area contributed by atoms with E-state index in [4.69, 9.17) is 15.0 Å². The van der Waals surface area contributed by atoms with Gasteiger partial charge >= 0.3 is 0 Å². The van der Waals surface area contributed by atoms with E-state index in [-0.39, 0.29) is 0 Å². The third-order valence-corrected chi connectivity index (χ3v) is 2.63. The molecule has 1 aromatic carbocycles. The summed E-state index contributed by atoms with van der Waals surface area (Å²) in [6, 6.07) is 7.98. The molecule has 1 heterocycles. The molecule has 0 atom stereocenters. The fourth-order valence-corrected chi connectivity index (χ4v) is 1.71. The topological polar surface area (TPSA) is 74.2 Å². The van der Waals surface area contributed by atoms with Crippen LogP contribution < -0.4 is 5.73 Å². The summed E-state index contributed by atoms with van der Waals surface area (Å²) in [7, 11) is 0. The summed E-state index contributed by atoms with van der Waals surface area (Å²) in [5.74, 6) is 1.17. The van der Waals surface area contributed by atoms with Gasteiger partial charge in [0.1, 0.15) is 6.61 Å². The molecule has 2 aromatic rings. The summed E-state index contributed by atoms with van der Waals surface area (Å²) < 4.78 is 10.4. The van der Waals surface area contributed by atoms with Gasteiger partial charge in [0.25, 0.3) is 0 Å². The average molecular weight is 247 g/mol. The van der Waals surface area contributed by atoms with Crippen LogP contribution in [0.5, 0.6) is 0 Å². The molecule has 0 aliphatic rings. The molecule has 0 aliphatic carbocycles. The zero-order valence-electron chi connectivity index (χ0n) is 10.4. The molecule has 5 nitrogen and oxygen atoms in total. The Bertz CT molecular complexity index is 496. The first-order chi connectivity index (χ1) is 8.83. The molecular formula is C13H17N3O2. The van der Waals surface area contributed by atoms with Gasteiger partial charge in [-0.05, 0) is 18.1 Å². The van der Waals surface area contributed by atoms with Crippen LogP contribution in [-0.4, -0.2) is 16.7 Å². The second-order valence-corrected chi connectivity index (χ2v) is 3.89. The minimum absolute atomic E-state index is 0.387. The van der Waals surface area contributed by atoms with Crippen LogP contribution in [0.2, 0.25) is 0 Å². The van der Waals surface area contributed by atoms with Crippen molar-refractivity contribution in [2.24, 2.45) is 5.73 Å². The first-order valence-electron chi connectivity index (χ1n) is 5.99. The maximum atomic E-state index is 5.69. The van der Waals surface area contributed by atoms with Crippen molar-refractivity contribution >= 4 is 0 Å². The summed E-state index contributed by atoms with van der Waals surface area (Å²) in [6.07, 6.45) is 0.604. The van der Waals surface area contributed by atoms with E-state index in [1.807, 2.05) is 31.2 Å². The lowest BCUT2D eigenvalue weighted by atomic mass is 10.0. The fourth-order valence-electron chi connectivity index (χ4n) is 1.71. The van der Waals surface area contributed by atoms with E-state index < -0.39 is 0 Å². The number of hydrogen-bond acceptors (Lipinski definition) is 5. The molecule has 0 saturated carbocycles. The zero-order chi connectivity index (χ0) is 12.8. The molecule has 0 unspecified atom stereocenters. The number of benzene rings is 1. The van der Waals surface area contributed by atoms with Crippen LogP contribution in [0.4, 0.5) is 0 Å². The lowest BCUT2D eigenvalue weighted by Crippen LogP contribution is -2.02. The van der Waals surface area contributed by atoms with E-state index in [0.717, 1.165) is 11.1 Å². The van der Waals surface area contributed by atoms with E-state index in [1.54, 1.807) is 0 Å². The Kier molecular flexibility index (Phi) is 4.44. The number of ether oxygens (including phenoxy) is 1. The number of aromatic nitrogens is 2. The molecular weight excluding hydrogens is 230 g/mol. The molecule has 0 aliphatic heterocycles. The summed E-state index contributed by atoms with van der Waals surface area (Å²) in [4.78, 5) is 4.27. The van der Waals surface area contributed by atoms with Gasteiger partial charge in [0.15, 0.2) is 5.82 Å². The quantitative estimate of drug-likeness (QED) is 0.840. The van der Waals surface area contributed by atoms with Gasteiger partial charge in [-0.2, -0.15) is 4.98 Å². The molecule has 0 amide bonds. The molecule has 1 aromatic heterocycles. The van der Waals surface area contributed by atoms with Crippen molar-refractivity contribution in [2.75, 3.05) is 6.61 Å². The van der Waals surface area contributed by atoms with E-state index >= 15 is 0 Å². The van der Waals surface area contributed by atoms with Crippen LogP contribution in [0.3, 0.4) is 0 Å². The summed E-state index contributed by atoms with van der Waals surface area (Å²) >= 11 is 0. The van der Waals surface area contributed by atoms with Crippen LogP contribution in [-0.2, 0) is 24.3 Å². The van der Waals surface area contributed by atoms with Crippen molar-refractivity contribution in [3.05, 3.63) is 47.1 Å². The van der Waals surface area contributed by atoms with Crippen molar-refractivity contribution in [3.63, 3.8) is 0 Å². The minimum Gasteiger partial charge on any atom is -0.374 e. The van der Waals surface area contributed by atoms with Crippen LogP contribution >= 0.6 is 0 Å². The van der Waals surface area contributed by atoms with Gasteiger partial charge in [-0.25, -0.2) is 0 Å². The Labute approximate surface area is 106 Å². The predicted octanol–water partition coefficient (Wildman–Crippen LogP) is 1.66. The van der Waals surface area contributed by atoms with Gasteiger partial charge in [0.05, 0.1) is 6.42 Å². The van der Waals surface area contributed by atoms with Crippen LogP contribution in [0.25, 0.3) is 0 Å². The molecule has 5 heteroatoms. The van der Waals surface area contributed by atoms with Crippen molar-refractivity contribution in [1.82, 2.24) is 10.1 Å². The Morgan fingerprint density at radius 2 is 2.06 bits per heavy atom. The summed E-state index contributed by atoms with van der Waals surface area (Å²) in [5.41, 5.74) is 7.90. The van der Waals surface area contributed by atoms with E-state index in [1.165, 1.54) is 0 Å². The highest BCUT2D eigenvalue weighted by Gasteiger charge is 2.09. The van der Waals surface area contributed by atoms with Gasteiger partial charge in [0, 0.05) is 13.2 Å². The van der Waals surface area contributed by atoms with Crippen molar-refractivity contribution in [3.8, 4) is 0 Å². The average Bonchev–Trinajstić information content (AvgIpc) is 2.84. The number of hydrogen-bond donors (Lipinski definition) is 1. The third-order valence-electron chi connectivity index (χ3n) is 2.63. The Balaban J connectivity index is 2.06. The molecule has 2 rings (SSSR count). The SMILES string of the molecule is CCOCc1noc(Cc2ccccc2CN)n1. The lowest BCUT2D eigenvalue weighted by molar-refractivity contribution is 0.126. The lowest BCUT2D eigenvalue weighted by Gasteiger charge is -2.03. The molecule has 0 spiro atoms. The number of nitrogens with two attached hydrogens (primary N) is 1. The maximum absolute atomic E-state index is 5.69. The largest absolute Gasteiger partial charge is 0.374 e. The van der Waals surface area contributed by atoms with E-state index in [9.17, 15) is 0 Å². The molecule has 96 valence electrons. The Hall–Kier alpha value is -1.72. The van der Waals surface area contributed by atoms with Crippen molar-refractivity contribution < 1.29 is 9.26 Å². The molecule has 0 saturated heterocycles. The van der Waals surface area contributed by atoms with Gasteiger partial charge in [-0.3, -0.25) is 0 Å². The molecule has 18 heavy (non-hydrogen) atoms. The highest BCUT2D eigenvalue weighted by atomic mass is 16.5. The summed E-state index contributed by atoms with van der Waals surface area (Å²) in [6.45, 7) is 3.47. The first kappa shape index (κ1) is 12.7. The summed E-state index contributed by atoms with van der Waals surface area (Å²) in [5, 5.41) is 3.86.